The first-order chi connectivity index (χ1) is 8.08. The molecule has 0 heterocycles. The van der Waals surface area contributed by atoms with E-state index in [1.54, 1.807) is 14.2 Å². The van der Waals surface area contributed by atoms with Crippen LogP contribution in [0.25, 0.3) is 0 Å². The smallest absolute Gasteiger partial charge is 0.145 e. The zero-order chi connectivity index (χ0) is 12.8. The molecule has 17 heavy (non-hydrogen) atoms. The molecule has 0 aromatic heterocycles. The van der Waals surface area contributed by atoms with Gasteiger partial charge in [0.15, 0.2) is 0 Å². The van der Waals surface area contributed by atoms with Gasteiger partial charge in [-0.15, -0.1) is 0 Å². The predicted molar refractivity (Wildman–Crippen MR) is 70.8 cm³/mol. The summed E-state index contributed by atoms with van der Waals surface area (Å²) in [6.45, 7) is 4.94. The van der Waals surface area contributed by atoms with E-state index in [1.165, 1.54) is 0 Å². The standard InChI is InChI=1S/C13H22N2O2/c1-9(2)11(14)8-15-12-6-5-10(16-3)7-13(12)17-4/h5-7,9,11,15H,8,14H2,1-4H3. The molecule has 3 N–H and O–H groups in total. The van der Waals surface area contributed by atoms with Crippen LogP contribution in [-0.4, -0.2) is 26.8 Å². The van der Waals surface area contributed by atoms with Crippen LogP contribution in [0.5, 0.6) is 11.5 Å². The summed E-state index contributed by atoms with van der Waals surface area (Å²) in [6, 6.07) is 5.81. The SMILES string of the molecule is COc1ccc(NCC(N)C(C)C)c(OC)c1. The number of benzene rings is 1. The van der Waals surface area contributed by atoms with Gasteiger partial charge in [0.05, 0.1) is 19.9 Å². The molecule has 0 radical (unpaired) electrons. The van der Waals surface area contributed by atoms with Crippen molar-refractivity contribution in [3.8, 4) is 11.5 Å². The molecule has 1 atom stereocenters. The van der Waals surface area contributed by atoms with E-state index in [9.17, 15) is 0 Å². The number of methoxy groups -OCH3 is 2. The summed E-state index contributed by atoms with van der Waals surface area (Å²) >= 11 is 0. The van der Waals surface area contributed by atoms with Crippen LogP contribution in [0.3, 0.4) is 0 Å². The Morgan fingerprint density at radius 2 is 1.94 bits per heavy atom. The minimum Gasteiger partial charge on any atom is -0.497 e. The summed E-state index contributed by atoms with van der Waals surface area (Å²) in [5.74, 6) is 1.99. The third-order valence-electron chi connectivity index (χ3n) is 2.79. The highest BCUT2D eigenvalue weighted by atomic mass is 16.5. The van der Waals surface area contributed by atoms with Gasteiger partial charge in [-0.3, -0.25) is 0 Å². The lowest BCUT2D eigenvalue weighted by molar-refractivity contribution is 0.395. The molecule has 0 saturated heterocycles. The summed E-state index contributed by atoms with van der Waals surface area (Å²) < 4.78 is 10.4. The molecular formula is C13H22N2O2. The number of ether oxygens (including phenoxy) is 2. The van der Waals surface area contributed by atoms with Crippen molar-refractivity contribution in [1.29, 1.82) is 0 Å². The molecule has 0 aliphatic carbocycles. The Morgan fingerprint density at radius 3 is 2.47 bits per heavy atom. The van der Waals surface area contributed by atoms with E-state index in [4.69, 9.17) is 15.2 Å². The Labute approximate surface area is 103 Å². The second-order valence-electron chi connectivity index (χ2n) is 4.35. The highest BCUT2D eigenvalue weighted by Crippen LogP contribution is 2.28. The fourth-order valence-corrected chi connectivity index (χ4v) is 1.41. The molecule has 4 heteroatoms. The average molecular weight is 238 g/mol. The highest BCUT2D eigenvalue weighted by molar-refractivity contribution is 5.59. The topological polar surface area (TPSA) is 56.5 Å². The van der Waals surface area contributed by atoms with Gasteiger partial charge in [0.1, 0.15) is 11.5 Å². The van der Waals surface area contributed by atoms with Gasteiger partial charge in [0.25, 0.3) is 0 Å². The summed E-state index contributed by atoms with van der Waals surface area (Å²) in [4.78, 5) is 0. The molecule has 0 amide bonds. The number of hydrogen-bond acceptors (Lipinski definition) is 4. The molecular weight excluding hydrogens is 216 g/mol. The first-order valence-corrected chi connectivity index (χ1v) is 5.80. The third kappa shape index (κ3) is 3.82. The van der Waals surface area contributed by atoms with Crippen LogP contribution in [0.2, 0.25) is 0 Å². The van der Waals surface area contributed by atoms with Gasteiger partial charge in [-0.2, -0.15) is 0 Å². The van der Waals surface area contributed by atoms with Crippen molar-refractivity contribution in [3.63, 3.8) is 0 Å². The molecule has 0 fully saturated rings. The second kappa shape index (κ2) is 6.35. The maximum Gasteiger partial charge on any atom is 0.145 e. The molecule has 0 aliphatic rings. The molecule has 1 unspecified atom stereocenters. The van der Waals surface area contributed by atoms with Gasteiger partial charge >= 0.3 is 0 Å². The van der Waals surface area contributed by atoms with Crippen LogP contribution in [0.4, 0.5) is 5.69 Å². The van der Waals surface area contributed by atoms with Crippen LogP contribution >= 0.6 is 0 Å². The number of anilines is 1. The molecule has 1 aromatic rings. The maximum atomic E-state index is 5.98. The minimum atomic E-state index is 0.127. The molecule has 96 valence electrons. The van der Waals surface area contributed by atoms with Crippen molar-refractivity contribution >= 4 is 5.69 Å². The molecule has 4 nitrogen and oxygen atoms in total. The molecule has 0 aliphatic heterocycles. The molecule has 0 spiro atoms. The monoisotopic (exact) mass is 238 g/mol. The Bertz CT molecular complexity index is 353. The Morgan fingerprint density at radius 1 is 1.24 bits per heavy atom. The van der Waals surface area contributed by atoms with Crippen LogP contribution in [0, 0.1) is 5.92 Å². The van der Waals surface area contributed by atoms with Gasteiger partial charge in [-0.05, 0) is 18.1 Å². The summed E-state index contributed by atoms with van der Waals surface area (Å²) in [5, 5.41) is 3.29. The van der Waals surface area contributed by atoms with Crippen LogP contribution < -0.4 is 20.5 Å². The van der Waals surface area contributed by atoms with E-state index >= 15 is 0 Å². The maximum absolute atomic E-state index is 5.98. The van der Waals surface area contributed by atoms with Gasteiger partial charge in [-0.1, -0.05) is 13.8 Å². The van der Waals surface area contributed by atoms with Crippen LogP contribution in [0.15, 0.2) is 18.2 Å². The van der Waals surface area contributed by atoms with Gasteiger partial charge in [0, 0.05) is 18.7 Å². The zero-order valence-electron chi connectivity index (χ0n) is 11.0. The molecule has 0 bridgehead atoms. The van der Waals surface area contributed by atoms with Crippen molar-refractivity contribution in [1.82, 2.24) is 0 Å². The van der Waals surface area contributed by atoms with Gasteiger partial charge < -0.3 is 20.5 Å². The second-order valence-corrected chi connectivity index (χ2v) is 4.35. The molecule has 1 aromatic carbocycles. The number of rotatable bonds is 6. The fraction of sp³-hybridized carbons (Fsp3) is 0.538. The van der Waals surface area contributed by atoms with Crippen molar-refractivity contribution in [2.24, 2.45) is 11.7 Å². The highest BCUT2D eigenvalue weighted by Gasteiger charge is 2.09. The summed E-state index contributed by atoms with van der Waals surface area (Å²) in [7, 11) is 3.28. The average Bonchev–Trinajstić information content (AvgIpc) is 2.35. The largest absolute Gasteiger partial charge is 0.497 e. The lowest BCUT2D eigenvalue weighted by Gasteiger charge is -2.18. The van der Waals surface area contributed by atoms with Crippen LogP contribution in [-0.2, 0) is 0 Å². The van der Waals surface area contributed by atoms with E-state index in [0.29, 0.717) is 5.92 Å². The summed E-state index contributed by atoms with van der Waals surface area (Å²) in [5.41, 5.74) is 6.92. The minimum absolute atomic E-state index is 0.127. The van der Waals surface area contributed by atoms with E-state index in [0.717, 1.165) is 23.7 Å². The van der Waals surface area contributed by atoms with Gasteiger partial charge in [-0.25, -0.2) is 0 Å². The number of hydrogen-bond donors (Lipinski definition) is 2. The normalized spacial score (nSPS) is 12.4. The first-order valence-electron chi connectivity index (χ1n) is 5.80. The Hall–Kier alpha value is -1.42. The molecule has 0 saturated carbocycles. The van der Waals surface area contributed by atoms with E-state index in [-0.39, 0.29) is 6.04 Å². The van der Waals surface area contributed by atoms with E-state index in [1.807, 2.05) is 18.2 Å². The zero-order valence-corrected chi connectivity index (χ0v) is 11.0. The van der Waals surface area contributed by atoms with Crippen molar-refractivity contribution < 1.29 is 9.47 Å². The molecule has 1 rings (SSSR count). The lowest BCUT2D eigenvalue weighted by Crippen LogP contribution is -2.34. The third-order valence-corrected chi connectivity index (χ3v) is 2.79. The van der Waals surface area contributed by atoms with E-state index < -0.39 is 0 Å². The number of nitrogens with one attached hydrogen (secondary N) is 1. The summed E-state index contributed by atoms with van der Waals surface area (Å²) in [6.07, 6.45) is 0. The van der Waals surface area contributed by atoms with E-state index in [2.05, 4.69) is 19.2 Å². The fourth-order valence-electron chi connectivity index (χ4n) is 1.41. The Balaban J connectivity index is 2.70. The van der Waals surface area contributed by atoms with Gasteiger partial charge in [0.2, 0.25) is 0 Å². The predicted octanol–water partition coefficient (Wildman–Crippen LogP) is 2.10. The quantitative estimate of drug-likeness (QED) is 0.797. The lowest BCUT2D eigenvalue weighted by atomic mass is 10.1. The Kier molecular flexibility index (Phi) is 5.10. The van der Waals surface area contributed by atoms with Crippen molar-refractivity contribution in [2.45, 2.75) is 19.9 Å². The van der Waals surface area contributed by atoms with Crippen molar-refractivity contribution in [2.75, 3.05) is 26.1 Å². The van der Waals surface area contributed by atoms with Crippen LogP contribution in [0.1, 0.15) is 13.8 Å². The van der Waals surface area contributed by atoms with Crippen molar-refractivity contribution in [3.05, 3.63) is 18.2 Å². The first kappa shape index (κ1) is 13.6. The number of nitrogens with two attached hydrogens (primary N) is 1.